The minimum Gasteiger partial charge on any atom is -0.497 e. The smallest absolute Gasteiger partial charge is 0.407 e. The second kappa shape index (κ2) is 9.08. The standard InChI is InChI=1S/C19H27ClN4O3/c1-12-10-13(26-5)11-14-15(12)24-16(20)17(23-14)21-8-6-7-9-22-18(25)27-19(2,3)4/h10-11H,6-9H2,1-5H3,(H,21,23)(H,22,25). The molecule has 148 valence electrons. The van der Waals surface area contributed by atoms with Gasteiger partial charge in [-0.15, -0.1) is 0 Å². The van der Waals surface area contributed by atoms with Crippen LogP contribution in [-0.4, -0.2) is 41.9 Å². The van der Waals surface area contributed by atoms with E-state index in [-0.39, 0.29) is 0 Å². The maximum absolute atomic E-state index is 11.6. The van der Waals surface area contributed by atoms with Crippen molar-refractivity contribution in [1.29, 1.82) is 0 Å². The van der Waals surface area contributed by atoms with Gasteiger partial charge in [0.25, 0.3) is 0 Å². The van der Waals surface area contributed by atoms with Gasteiger partial charge >= 0.3 is 6.09 Å². The lowest BCUT2D eigenvalue weighted by Crippen LogP contribution is -2.33. The van der Waals surface area contributed by atoms with E-state index in [1.165, 1.54) is 0 Å². The summed E-state index contributed by atoms with van der Waals surface area (Å²) < 4.78 is 10.5. The Morgan fingerprint density at radius 1 is 1.19 bits per heavy atom. The number of carbonyl (C=O) groups excluding carboxylic acids is 1. The molecule has 0 spiro atoms. The fraction of sp³-hybridized carbons (Fsp3) is 0.526. The zero-order valence-electron chi connectivity index (χ0n) is 16.5. The average molecular weight is 395 g/mol. The number of benzene rings is 1. The number of halogens is 1. The number of anilines is 1. The summed E-state index contributed by atoms with van der Waals surface area (Å²) in [4.78, 5) is 20.6. The topological polar surface area (TPSA) is 85.4 Å². The molecule has 0 unspecified atom stereocenters. The summed E-state index contributed by atoms with van der Waals surface area (Å²) in [6.07, 6.45) is 1.24. The number of aryl methyl sites for hydroxylation is 1. The van der Waals surface area contributed by atoms with E-state index in [0.29, 0.717) is 24.1 Å². The van der Waals surface area contributed by atoms with E-state index in [1.54, 1.807) is 7.11 Å². The highest BCUT2D eigenvalue weighted by atomic mass is 35.5. The fourth-order valence-corrected chi connectivity index (χ4v) is 2.66. The molecule has 0 fully saturated rings. The van der Waals surface area contributed by atoms with E-state index in [9.17, 15) is 4.79 Å². The summed E-state index contributed by atoms with van der Waals surface area (Å²) in [5, 5.41) is 6.27. The molecular weight excluding hydrogens is 368 g/mol. The van der Waals surface area contributed by atoms with Gasteiger partial charge in [-0.25, -0.2) is 14.8 Å². The Balaban J connectivity index is 1.85. The number of nitrogens with zero attached hydrogens (tertiary/aromatic N) is 2. The molecule has 1 aromatic carbocycles. The lowest BCUT2D eigenvalue weighted by Gasteiger charge is -2.19. The van der Waals surface area contributed by atoms with Crippen LogP contribution in [0, 0.1) is 6.92 Å². The van der Waals surface area contributed by atoms with Gasteiger partial charge in [0.15, 0.2) is 11.0 Å². The largest absolute Gasteiger partial charge is 0.497 e. The van der Waals surface area contributed by atoms with Crippen molar-refractivity contribution in [2.45, 2.75) is 46.1 Å². The first-order valence-corrected chi connectivity index (χ1v) is 9.30. The maximum Gasteiger partial charge on any atom is 0.407 e. The van der Waals surface area contributed by atoms with Gasteiger partial charge in [-0.3, -0.25) is 0 Å². The van der Waals surface area contributed by atoms with E-state index >= 15 is 0 Å². The Kier molecular flexibility index (Phi) is 7.07. The zero-order chi connectivity index (χ0) is 20.0. The van der Waals surface area contributed by atoms with Crippen molar-refractivity contribution in [2.75, 3.05) is 25.5 Å². The molecule has 0 aliphatic rings. The highest BCUT2D eigenvalue weighted by Crippen LogP contribution is 2.27. The van der Waals surface area contributed by atoms with Crippen LogP contribution in [-0.2, 0) is 4.74 Å². The van der Waals surface area contributed by atoms with Gasteiger partial charge in [-0.2, -0.15) is 0 Å². The molecule has 0 aliphatic heterocycles. The highest BCUT2D eigenvalue weighted by Gasteiger charge is 2.15. The lowest BCUT2D eigenvalue weighted by molar-refractivity contribution is 0.0527. The molecule has 0 atom stereocenters. The van der Waals surface area contributed by atoms with Gasteiger partial charge in [0.2, 0.25) is 0 Å². The Labute approximate surface area is 164 Å². The predicted molar refractivity (Wildman–Crippen MR) is 108 cm³/mol. The summed E-state index contributed by atoms with van der Waals surface area (Å²) in [5.41, 5.74) is 1.95. The molecule has 1 amide bonds. The molecule has 0 aliphatic carbocycles. The first-order valence-electron chi connectivity index (χ1n) is 8.92. The molecule has 1 heterocycles. The summed E-state index contributed by atoms with van der Waals surface area (Å²) in [7, 11) is 1.62. The molecule has 0 bridgehead atoms. The number of amides is 1. The van der Waals surface area contributed by atoms with Crippen LogP contribution in [0.25, 0.3) is 11.0 Å². The van der Waals surface area contributed by atoms with Gasteiger partial charge < -0.3 is 20.1 Å². The Morgan fingerprint density at radius 3 is 2.56 bits per heavy atom. The van der Waals surface area contributed by atoms with Crippen LogP contribution in [0.4, 0.5) is 10.6 Å². The van der Waals surface area contributed by atoms with Crippen molar-refractivity contribution in [3.8, 4) is 5.75 Å². The fourth-order valence-electron chi connectivity index (χ4n) is 2.47. The van der Waals surface area contributed by atoms with Gasteiger partial charge in [0.1, 0.15) is 11.4 Å². The van der Waals surface area contributed by atoms with Crippen molar-refractivity contribution in [1.82, 2.24) is 15.3 Å². The summed E-state index contributed by atoms with van der Waals surface area (Å²) in [6, 6.07) is 3.74. The second-order valence-corrected chi connectivity index (χ2v) is 7.60. The third kappa shape index (κ3) is 6.43. The quantitative estimate of drug-likeness (QED) is 0.680. The Hall–Kier alpha value is -2.28. The van der Waals surface area contributed by atoms with Crippen molar-refractivity contribution >= 4 is 34.5 Å². The van der Waals surface area contributed by atoms with Crippen LogP contribution >= 0.6 is 11.6 Å². The molecule has 2 rings (SSSR count). The highest BCUT2D eigenvalue weighted by molar-refractivity contribution is 6.32. The van der Waals surface area contributed by atoms with E-state index in [0.717, 1.165) is 35.2 Å². The van der Waals surface area contributed by atoms with Crippen molar-refractivity contribution in [2.24, 2.45) is 0 Å². The maximum atomic E-state index is 11.6. The van der Waals surface area contributed by atoms with E-state index in [1.807, 2.05) is 39.8 Å². The summed E-state index contributed by atoms with van der Waals surface area (Å²) >= 11 is 6.25. The number of rotatable bonds is 7. The molecule has 27 heavy (non-hydrogen) atoms. The monoisotopic (exact) mass is 394 g/mol. The molecule has 0 saturated carbocycles. The number of hydrogen-bond acceptors (Lipinski definition) is 6. The van der Waals surface area contributed by atoms with Crippen LogP contribution in [0.15, 0.2) is 12.1 Å². The number of carbonyl (C=O) groups is 1. The molecule has 0 saturated heterocycles. The number of nitrogens with one attached hydrogen (secondary N) is 2. The first-order chi connectivity index (χ1) is 12.7. The zero-order valence-corrected chi connectivity index (χ0v) is 17.2. The van der Waals surface area contributed by atoms with Crippen molar-refractivity contribution in [3.63, 3.8) is 0 Å². The van der Waals surface area contributed by atoms with E-state index < -0.39 is 11.7 Å². The van der Waals surface area contributed by atoms with Crippen molar-refractivity contribution < 1.29 is 14.3 Å². The summed E-state index contributed by atoms with van der Waals surface area (Å²) in [6.45, 7) is 8.66. The normalized spacial score (nSPS) is 11.3. The predicted octanol–water partition coefficient (Wildman–Crippen LogP) is 4.32. The molecular formula is C19H27ClN4O3. The van der Waals surface area contributed by atoms with Crippen LogP contribution < -0.4 is 15.4 Å². The number of ether oxygens (including phenoxy) is 2. The SMILES string of the molecule is COc1cc(C)c2nc(Cl)c(NCCCCNC(=O)OC(C)(C)C)nc2c1. The van der Waals surface area contributed by atoms with Crippen LogP contribution in [0.3, 0.4) is 0 Å². The van der Waals surface area contributed by atoms with Gasteiger partial charge in [0.05, 0.1) is 18.1 Å². The Bertz CT molecular complexity index is 806. The van der Waals surface area contributed by atoms with Crippen molar-refractivity contribution in [3.05, 3.63) is 22.8 Å². The second-order valence-electron chi connectivity index (χ2n) is 7.24. The number of unbranched alkanes of at least 4 members (excludes halogenated alkanes) is 1. The van der Waals surface area contributed by atoms with E-state index in [4.69, 9.17) is 21.1 Å². The molecule has 8 heteroatoms. The third-order valence-electron chi connectivity index (χ3n) is 3.69. The number of methoxy groups -OCH3 is 1. The Morgan fingerprint density at radius 2 is 1.89 bits per heavy atom. The van der Waals surface area contributed by atoms with Gasteiger partial charge in [-0.1, -0.05) is 11.6 Å². The molecule has 0 radical (unpaired) electrons. The number of fused-ring (bicyclic) bond motifs is 1. The van der Waals surface area contributed by atoms with Crippen LogP contribution in [0.2, 0.25) is 5.15 Å². The molecule has 2 N–H and O–H groups in total. The average Bonchev–Trinajstić information content (AvgIpc) is 2.57. The van der Waals surface area contributed by atoms with Gasteiger partial charge in [0, 0.05) is 19.2 Å². The van der Waals surface area contributed by atoms with Gasteiger partial charge in [-0.05, 0) is 52.2 Å². The minimum atomic E-state index is -0.488. The summed E-state index contributed by atoms with van der Waals surface area (Å²) in [5.74, 6) is 1.27. The first kappa shape index (κ1) is 21.0. The number of alkyl carbamates (subject to hydrolysis) is 1. The molecule has 1 aromatic heterocycles. The van der Waals surface area contributed by atoms with Crippen LogP contribution in [0.5, 0.6) is 5.75 Å². The minimum absolute atomic E-state index is 0.336. The molecule has 7 nitrogen and oxygen atoms in total. The third-order valence-corrected chi connectivity index (χ3v) is 3.95. The van der Waals surface area contributed by atoms with E-state index in [2.05, 4.69) is 20.6 Å². The molecule has 2 aromatic rings. The number of aromatic nitrogens is 2. The number of hydrogen-bond donors (Lipinski definition) is 2. The lowest BCUT2D eigenvalue weighted by atomic mass is 10.2. The van der Waals surface area contributed by atoms with Crippen LogP contribution in [0.1, 0.15) is 39.2 Å².